The zero-order valence-electron chi connectivity index (χ0n) is 16.3. The topological polar surface area (TPSA) is 93.9 Å². The fourth-order valence-electron chi connectivity index (χ4n) is 3.19. The highest BCUT2D eigenvalue weighted by molar-refractivity contribution is 6.31. The highest BCUT2D eigenvalue weighted by Crippen LogP contribution is 2.28. The van der Waals surface area contributed by atoms with Gasteiger partial charge in [0.2, 0.25) is 0 Å². The summed E-state index contributed by atoms with van der Waals surface area (Å²) >= 11 is 5.93. The lowest BCUT2D eigenvalue weighted by Gasteiger charge is -2.33. The van der Waals surface area contributed by atoms with Gasteiger partial charge < -0.3 is 25.4 Å². The Balaban J connectivity index is 1.51. The van der Waals surface area contributed by atoms with Crippen molar-refractivity contribution in [1.82, 2.24) is 4.90 Å². The molecule has 0 radical (unpaired) electrons. The molecular formula is C21H23ClFN3O4. The number of anilines is 1. The third-order valence-corrected chi connectivity index (χ3v) is 4.95. The first-order chi connectivity index (χ1) is 14.4. The summed E-state index contributed by atoms with van der Waals surface area (Å²) in [5.74, 6) is -0.156. The Morgan fingerprint density at radius 1 is 1.27 bits per heavy atom. The second kappa shape index (κ2) is 10.3. The van der Waals surface area contributed by atoms with Gasteiger partial charge in [-0.3, -0.25) is 4.79 Å². The molecule has 1 heterocycles. The number of rotatable bonds is 7. The lowest BCUT2D eigenvalue weighted by molar-refractivity contribution is -0.141. The van der Waals surface area contributed by atoms with Crippen molar-refractivity contribution in [1.29, 1.82) is 0 Å². The SMILES string of the molecule is NC(=O)Nc1cc(Cl)ccc1OCC(=O)N1CCOC(CCc2ccc(F)cc2)C1. The minimum absolute atomic E-state index is 0.102. The summed E-state index contributed by atoms with van der Waals surface area (Å²) in [5.41, 5.74) is 6.46. The largest absolute Gasteiger partial charge is 0.482 e. The van der Waals surface area contributed by atoms with Crippen molar-refractivity contribution >= 4 is 29.2 Å². The third-order valence-electron chi connectivity index (χ3n) is 4.71. The Labute approximate surface area is 178 Å². The van der Waals surface area contributed by atoms with Crippen LogP contribution in [-0.4, -0.2) is 49.2 Å². The average Bonchev–Trinajstić information content (AvgIpc) is 2.72. The standard InChI is InChI=1S/C21H23ClFN3O4/c22-15-4-8-19(18(11-15)25-21(24)28)30-13-20(27)26-9-10-29-17(12-26)7-3-14-1-5-16(23)6-2-14/h1-2,4-6,8,11,17H,3,7,9-10,12-13H2,(H3,24,25,28). The number of morpholine rings is 1. The smallest absolute Gasteiger partial charge is 0.316 e. The summed E-state index contributed by atoms with van der Waals surface area (Å²) in [5, 5.41) is 2.82. The van der Waals surface area contributed by atoms with Gasteiger partial charge in [0.1, 0.15) is 11.6 Å². The Morgan fingerprint density at radius 3 is 2.77 bits per heavy atom. The minimum Gasteiger partial charge on any atom is -0.482 e. The molecule has 160 valence electrons. The number of benzene rings is 2. The molecule has 2 aromatic carbocycles. The summed E-state index contributed by atoms with van der Waals surface area (Å²) in [6.45, 7) is 1.17. The van der Waals surface area contributed by atoms with E-state index < -0.39 is 6.03 Å². The van der Waals surface area contributed by atoms with Gasteiger partial charge in [-0.25, -0.2) is 9.18 Å². The predicted molar refractivity (Wildman–Crippen MR) is 111 cm³/mol. The molecule has 1 unspecified atom stereocenters. The van der Waals surface area contributed by atoms with Gasteiger partial charge >= 0.3 is 6.03 Å². The molecule has 1 saturated heterocycles. The number of nitrogens with zero attached hydrogens (tertiary/aromatic N) is 1. The molecule has 3 amide bonds. The first-order valence-corrected chi connectivity index (χ1v) is 9.91. The molecule has 2 aromatic rings. The summed E-state index contributed by atoms with van der Waals surface area (Å²) in [6.07, 6.45) is 1.35. The van der Waals surface area contributed by atoms with Crippen LogP contribution in [0.15, 0.2) is 42.5 Å². The van der Waals surface area contributed by atoms with Gasteiger partial charge in [0.25, 0.3) is 5.91 Å². The molecule has 0 spiro atoms. The molecule has 9 heteroatoms. The fraction of sp³-hybridized carbons (Fsp3) is 0.333. The summed E-state index contributed by atoms with van der Waals surface area (Å²) in [6, 6.07) is 10.2. The monoisotopic (exact) mass is 435 g/mol. The van der Waals surface area contributed by atoms with Crippen LogP contribution in [-0.2, 0) is 16.0 Å². The zero-order valence-corrected chi connectivity index (χ0v) is 17.0. The van der Waals surface area contributed by atoms with Crippen molar-refractivity contribution in [3.05, 3.63) is 58.9 Å². The molecule has 1 aliphatic rings. The Bertz CT molecular complexity index is 894. The van der Waals surface area contributed by atoms with Gasteiger partial charge in [0.15, 0.2) is 6.61 Å². The van der Waals surface area contributed by atoms with E-state index in [2.05, 4.69) is 5.32 Å². The van der Waals surface area contributed by atoms with Gasteiger partial charge in [-0.1, -0.05) is 23.7 Å². The van der Waals surface area contributed by atoms with E-state index in [1.807, 2.05) is 0 Å². The van der Waals surface area contributed by atoms with E-state index in [1.165, 1.54) is 18.2 Å². The van der Waals surface area contributed by atoms with Crippen LogP contribution in [0.3, 0.4) is 0 Å². The second-order valence-electron chi connectivity index (χ2n) is 6.92. The van der Waals surface area contributed by atoms with Crippen LogP contribution in [0.2, 0.25) is 5.02 Å². The van der Waals surface area contributed by atoms with Crippen LogP contribution in [0.1, 0.15) is 12.0 Å². The third kappa shape index (κ3) is 6.33. The molecular weight excluding hydrogens is 413 g/mol. The van der Waals surface area contributed by atoms with E-state index in [1.54, 1.807) is 29.2 Å². The maximum atomic E-state index is 13.0. The number of carbonyl (C=O) groups is 2. The molecule has 0 saturated carbocycles. The number of nitrogens with two attached hydrogens (primary N) is 1. The van der Waals surface area contributed by atoms with Crippen molar-refractivity contribution in [2.45, 2.75) is 18.9 Å². The van der Waals surface area contributed by atoms with Crippen molar-refractivity contribution in [3.63, 3.8) is 0 Å². The van der Waals surface area contributed by atoms with Crippen LogP contribution in [0.4, 0.5) is 14.9 Å². The highest BCUT2D eigenvalue weighted by atomic mass is 35.5. The van der Waals surface area contributed by atoms with Gasteiger partial charge in [-0.05, 0) is 48.7 Å². The molecule has 1 atom stereocenters. The van der Waals surface area contributed by atoms with Crippen molar-refractivity contribution < 1.29 is 23.5 Å². The normalized spacial score (nSPS) is 16.2. The molecule has 1 fully saturated rings. The van der Waals surface area contributed by atoms with Gasteiger partial charge in [-0.15, -0.1) is 0 Å². The lowest BCUT2D eigenvalue weighted by atomic mass is 10.1. The Kier molecular flexibility index (Phi) is 7.48. The van der Waals surface area contributed by atoms with Crippen LogP contribution in [0.25, 0.3) is 0 Å². The van der Waals surface area contributed by atoms with E-state index in [0.29, 0.717) is 36.2 Å². The molecule has 1 aliphatic heterocycles. The predicted octanol–water partition coefficient (Wildman–Crippen LogP) is 3.21. The number of halogens is 2. The maximum absolute atomic E-state index is 13.0. The molecule has 0 aliphatic carbocycles. The van der Waals surface area contributed by atoms with Crippen molar-refractivity contribution in [3.8, 4) is 5.75 Å². The molecule has 3 rings (SSSR count). The number of aryl methyl sites for hydroxylation is 1. The first-order valence-electron chi connectivity index (χ1n) is 9.53. The van der Waals surface area contributed by atoms with Gasteiger partial charge in [0.05, 0.1) is 18.4 Å². The summed E-state index contributed by atoms with van der Waals surface area (Å²) in [4.78, 5) is 25.4. The number of hydrogen-bond donors (Lipinski definition) is 2. The van der Waals surface area contributed by atoms with Crippen LogP contribution in [0.5, 0.6) is 5.75 Å². The average molecular weight is 436 g/mol. The van der Waals surface area contributed by atoms with E-state index in [9.17, 15) is 14.0 Å². The first kappa shape index (κ1) is 21.9. The summed E-state index contributed by atoms with van der Waals surface area (Å²) in [7, 11) is 0. The molecule has 0 aromatic heterocycles. The molecule has 7 nitrogen and oxygen atoms in total. The number of ether oxygens (including phenoxy) is 2. The number of urea groups is 1. The Hall–Kier alpha value is -2.84. The lowest BCUT2D eigenvalue weighted by Crippen LogP contribution is -2.47. The van der Waals surface area contributed by atoms with Crippen LogP contribution < -0.4 is 15.8 Å². The van der Waals surface area contributed by atoms with Crippen molar-refractivity contribution in [2.75, 3.05) is 31.6 Å². The Morgan fingerprint density at radius 2 is 2.03 bits per heavy atom. The molecule has 3 N–H and O–H groups in total. The van der Waals surface area contributed by atoms with Gasteiger partial charge in [0, 0.05) is 18.1 Å². The molecule has 30 heavy (non-hydrogen) atoms. The van der Waals surface area contributed by atoms with E-state index in [0.717, 1.165) is 18.4 Å². The maximum Gasteiger partial charge on any atom is 0.316 e. The number of nitrogens with one attached hydrogen (secondary N) is 1. The van der Waals surface area contributed by atoms with Crippen LogP contribution in [0, 0.1) is 5.82 Å². The number of hydrogen-bond acceptors (Lipinski definition) is 4. The zero-order chi connectivity index (χ0) is 21.5. The quantitative estimate of drug-likeness (QED) is 0.698. The minimum atomic E-state index is -0.759. The molecule has 0 bridgehead atoms. The van der Waals surface area contributed by atoms with E-state index in [4.69, 9.17) is 26.8 Å². The summed E-state index contributed by atoms with van der Waals surface area (Å²) < 4.78 is 24.4. The number of amides is 3. The number of carbonyl (C=O) groups excluding carboxylic acids is 2. The number of primary amides is 1. The van der Waals surface area contributed by atoms with Crippen LogP contribution >= 0.6 is 11.6 Å². The van der Waals surface area contributed by atoms with E-state index >= 15 is 0 Å². The van der Waals surface area contributed by atoms with Gasteiger partial charge in [-0.2, -0.15) is 0 Å². The van der Waals surface area contributed by atoms with Crippen molar-refractivity contribution in [2.24, 2.45) is 5.73 Å². The van der Waals surface area contributed by atoms with E-state index in [-0.39, 0.29) is 24.4 Å². The second-order valence-corrected chi connectivity index (χ2v) is 7.35. The highest BCUT2D eigenvalue weighted by Gasteiger charge is 2.24. The fourth-order valence-corrected chi connectivity index (χ4v) is 3.36.